The lowest BCUT2D eigenvalue weighted by Crippen LogP contribution is -2.20. The molecule has 4 nitrogen and oxygen atoms in total. The van der Waals surface area contributed by atoms with Gasteiger partial charge in [0.1, 0.15) is 18.0 Å². The highest BCUT2D eigenvalue weighted by atomic mass is 32.2. The second-order valence-corrected chi connectivity index (χ2v) is 4.35. The third-order valence-electron chi connectivity index (χ3n) is 2.13. The van der Waals surface area contributed by atoms with Crippen molar-refractivity contribution >= 4 is 23.4 Å². The topological polar surface area (TPSA) is 63.8 Å². The molecule has 15 heavy (non-hydrogen) atoms. The molecule has 0 aliphatic rings. The van der Waals surface area contributed by atoms with Crippen LogP contribution in [0.25, 0.3) is 0 Å². The third kappa shape index (κ3) is 3.27. The molecule has 0 saturated heterocycles. The normalized spacial score (nSPS) is 12.5. The van der Waals surface area contributed by atoms with E-state index in [0.717, 1.165) is 23.6 Å². The van der Waals surface area contributed by atoms with Gasteiger partial charge in [0, 0.05) is 17.4 Å². The molecule has 1 aromatic heterocycles. The van der Waals surface area contributed by atoms with Crippen LogP contribution in [0.4, 0.5) is 11.6 Å². The summed E-state index contributed by atoms with van der Waals surface area (Å²) < 4.78 is 0. The Labute approximate surface area is 95.1 Å². The molecule has 0 radical (unpaired) electrons. The van der Waals surface area contributed by atoms with Gasteiger partial charge in [-0.1, -0.05) is 6.92 Å². The highest BCUT2D eigenvalue weighted by Crippen LogP contribution is 2.18. The van der Waals surface area contributed by atoms with Crippen LogP contribution in [0.1, 0.15) is 19.4 Å². The number of nitrogens with zero attached hydrogens (tertiary/aromatic N) is 2. The van der Waals surface area contributed by atoms with Gasteiger partial charge in [-0.25, -0.2) is 9.97 Å². The first-order valence-electron chi connectivity index (χ1n) is 5.03. The molecule has 0 bridgehead atoms. The Morgan fingerprint density at radius 1 is 1.53 bits per heavy atom. The lowest BCUT2D eigenvalue weighted by molar-refractivity contribution is 0.889. The fourth-order valence-electron chi connectivity index (χ4n) is 1.42. The number of thioether (sulfide) groups is 1. The minimum atomic E-state index is 0.389. The second kappa shape index (κ2) is 5.80. The Hall–Kier alpha value is -0.970. The molecule has 5 heteroatoms. The molecule has 0 saturated carbocycles. The summed E-state index contributed by atoms with van der Waals surface area (Å²) in [6.07, 6.45) is 4.44. The molecule has 1 atom stereocenters. The number of hydrogen-bond acceptors (Lipinski definition) is 5. The fourth-order valence-corrected chi connectivity index (χ4v) is 2.01. The van der Waals surface area contributed by atoms with Gasteiger partial charge in [0.2, 0.25) is 0 Å². The van der Waals surface area contributed by atoms with Crippen LogP contribution in [0.15, 0.2) is 6.33 Å². The van der Waals surface area contributed by atoms with E-state index in [-0.39, 0.29) is 0 Å². The van der Waals surface area contributed by atoms with Crippen LogP contribution >= 0.6 is 11.8 Å². The summed E-state index contributed by atoms with van der Waals surface area (Å²) in [7, 11) is 0. The smallest absolute Gasteiger partial charge is 0.134 e. The van der Waals surface area contributed by atoms with Gasteiger partial charge >= 0.3 is 0 Å². The van der Waals surface area contributed by atoms with Crippen LogP contribution < -0.4 is 11.1 Å². The van der Waals surface area contributed by atoms with Crippen LogP contribution in [0.3, 0.4) is 0 Å². The molecule has 0 aliphatic carbocycles. The van der Waals surface area contributed by atoms with Crippen molar-refractivity contribution in [1.82, 2.24) is 9.97 Å². The van der Waals surface area contributed by atoms with E-state index in [1.807, 2.05) is 11.8 Å². The summed E-state index contributed by atoms with van der Waals surface area (Å²) in [5.74, 6) is 2.49. The molecular formula is C10H18N4S. The second-order valence-electron chi connectivity index (χ2n) is 3.44. The Morgan fingerprint density at radius 2 is 2.27 bits per heavy atom. The molecule has 3 N–H and O–H groups in total. The Bertz CT molecular complexity index is 316. The van der Waals surface area contributed by atoms with Crippen molar-refractivity contribution in [1.29, 1.82) is 0 Å². The van der Waals surface area contributed by atoms with Crippen molar-refractivity contribution in [3.05, 3.63) is 11.9 Å². The predicted octanol–water partition coefficient (Wildman–Crippen LogP) is 1.78. The van der Waals surface area contributed by atoms with E-state index in [2.05, 4.69) is 35.4 Å². The van der Waals surface area contributed by atoms with Crippen LogP contribution in [0.2, 0.25) is 0 Å². The van der Waals surface area contributed by atoms with Gasteiger partial charge in [0.25, 0.3) is 0 Å². The first-order chi connectivity index (χ1) is 7.19. The van der Waals surface area contributed by atoms with Gasteiger partial charge in [-0.15, -0.1) is 0 Å². The maximum absolute atomic E-state index is 5.79. The Kier molecular flexibility index (Phi) is 4.68. The minimum Gasteiger partial charge on any atom is -0.383 e. The van der Waals surface area contributed by atoms with Crippen molar-refractivity contribution in [3.63, 3.8) is 0 Å². The number of nitrogen functional groups attached to an aromatic ring is 1. The largest absolute Gasteiger partial charge is 0.383 e. The van der Waals surface area contributed by atoms with E-state index >= 15 is 0 Å². The molecule has 0 aliphatic heterocycles. The van der Waals surface area contributed by atoms with Gasteiger partial charge in [-0.05, 0) is 19.6 Å². The number of nitrogens with one attached hydrogen (secondary N) is 1. The molecule has 1 aromatic rings. The fraction of sp³-hybridized carbons (Fsp3) is 0.600. The Morgan fingerprint density at radius 3 is 2.87 bits per heavy atom. The number of rotatable bonds is 5. The van der Waals surface area contributed by atoms with Crippen molar-refractivity contribution in [2.75, 3.05) is 23.1 Å². The molecule has 0 aromatic carbocycles. The van der Waals surface area contributed by atoms with E-state index in [9.17, 15) is 0 Å². The number of hydrogen-bond donors (Lipinski definition) is 2. The van der Waals surface area contributed by atoms with Crippen molar-refractivity contribution in [2.24, 2.45) is 0 Å². The SMILES string of the molecule is CCc1c(N)ncnc1NC(C)CSC. The van der Waals surface area contributed by atoms with Gasteiger partial charge in [0.05, 0.1) is 0 Å². The first kappa shape index (κ1) is 12.1. The van der Waals surface area contributed by atoms with Crippen LogP contribution in [-0.2, 0) is 6.42 Å². The maximum atomic E-state index is 5.79. The lowest BCUT2D eigenvalue weighted by atomic mass is 10.2. The first-order valence-corrected chi connectivity index (χ1v) is 6.43. The van der Waals surface area contributed by atoms with E-state index in [4.69, 9.17) is 5.73 Å². The molecule has 1 unspecified atom stereocenters. The molecule has 0 fully saturated rings. The third-order valence-corrected chi connectivity index (χ3v) is 2.97. The minimum absolute atomic E-state index is 0.389. The number of anilines is 2. The van der Waals surface area contributed by atoms with E-state index < -0.39 is 0 Å². The standard InChI is InChI=1S/C10H18N4S/c1-4-8-9(11)12-6-13-10(8)14-7(2)5-15-3/h6-7H,4-5H2,1-3H3,(H3,11,12,13,14). The van der Waals surface area contributed by atoms with Crippen LogP contribution in [0.5, 0.6) is 0 Å². The highest BCUT2D eigenvalue weighted by Gasteiger charge is 2.09. The summed E-state index contributed by atoms with van der Waals surface area (Å²) in [6, 6.07) is 0.389. The summed E-state index contributed by atoms with van der Waals surface area (Å²) in [5.41, 5.74) is 6.79. The monoisotopic (exact) mass is 226 g/mol. The zero-order valence-corrected chi connectivity index (χ0v) is 10.3. The molecule has 1 rings (SSSR count). The summed E-state index contributed by atoms with van der Waals surface area (Å²) >= 11 is 1.81. The molecule has 1 heterocycles. The average Bonchev–Trinajstić information content (AvgIpc) is 2.18. The zero-order valence-electron chi connectivity index (χ0n) is 9.45. The van der Waals surface area contributed by atoms with Crippen molar-refractivity contribution < 1.29 is 0 Å². The summed E-state index contributed by atoms with van der Waals surface area (Å²) in [5, 5.41) is 3.35. The zero-order chi connectivity index (χ0) is 11.3. The summed E-state index contributed by atoms with van der Waals surface area (Å²) in [6.45, 7) is 4.19. The summed E-state index contributed by atoms with van der Waals surface area (Å²) in [4.78, 5) is 8.21. The highest BCUT2D eigenvalue weighted by molar-refractivity contribution is 7.98. The predicted molar refractivity (Wildman–Crippen MR) is 67.3 cm³/mol. The van der Waals surface area contributed by atoms with Gasteiger partial charge in [-0.3, -0.25) is 0 Å². The Balaban J connectivity index is 2.80. The maximum Gasteiger partial charge on any atom is 0.134 e. The lowest BCUT2D eigenvalue weighted by Gasteiger charge is -2.16. The molecule has 0 amide bonds. The van der Waals surface area contributed by atoms with Crippen molar-refractivity contribution in [2.45, 2.75) is 26.3 Å². The average molecular weight is 226 g/mol. The van der Waals surface area contributed by atoms with Gasteiger partial charge in [0.15, 0.2) is 0 Å². The van der Waals surface area contributed by atoms with Crippen molar-refractivity contribution in [3.8, 4) is 0 Å². The number of aromatic nitrogens is 2. The van der Waals surface area contributed by atoms with Gasteiger partial charge in [-0.2, -0.15) is 11.8 Å². The van der Waals surface area contributed by atoms with E-state index in [0.29, 0.717) is 11.9 Å². The van der Waals surface area contributed by atoms with E-state index in [1.165, 1.54) is 6.33 Å². The quantitative estimate of drug-likeness (QED) is 0.801. The molecular weight excluding hydrogens is 208 g/mol. The van der Waals surface area contributed by atoms with E-state index in [1.54, 1.807) is 0 Å². The van der Waals surface area contributed by atoms with Crippen LogP contribution in [-0.4, -0.2) is 28.0 Å². The van der Waals surface area contributed by atoms with Crippen LogP contribution in [0, 0.1) is 0 Å². The van der Waals surface area contributed by atoms with Gasteiger partial charge < -0.3 is 11.1 Å². The molecule has 84 valence electrons. The number of nitrogens with two attached hydrogens (primary N) is 1. The molecule has 0 spiro atoms.